The molecule has 1 unspecified atom stereocenters. The molecule has 0 aliphatic carbocycles. The molecule has 17 heavy (non-hydrogen) atoms. The molecule has 1 aliphatic heterocycles. The van der Waals surface area contributed by atoms with Gasteiger partial charge < -0.3 is 4.74 Å². The molecule has 1 atom stereocenters. The molecule has 2 rings (SSSR count). The molecule has 1 heterocycles. The van der Waals surface area contributed by atoms with Crippen LogP contribution in [0.25, 0.3) is 0 Å². The van der Waals surface area contributed by atoms with E-state index in [1.807, 2.05) is 0 Å². The highest BCUT2D eigenvalue weighted by molar-refractivity contribution is 5.96. The van der Waals surface area contributed by atoms with Gasteiger partial charge in [-0.3, -0.25) is 10.1 Å². The maximum Gasteiger partial charge on any atom is 0.419 e. The van der Waals surface area contributed by atoms with Crippen LogP contribution in [-0.2, 0) is 4.74 Å². The second-order valence-corrected chi connectivity index (χ2v) is 3.60. The topological polar surface area (TPSA) is 72.7 Å². The van der Waals surface area contributed by atoms with Crippen LogP contribution in [0.15, 0.2) is 36.5 Å². The molecule has 88 valence electrons. The summed E-state index contributed by atoms with van der Waals surface area (Å²) in [5.74, 6) is 0. The van der Waals surface area contributed by atoms with E-state index >= 15 is 0 Å². The van der Waals surface area contributed by atoms with Gasteiger partial charge in [-0.05, 0) is 13.0 Å². The molecule has 0 spiro atoms. The van der Waals surface area contributed by atoms with Crippen molar-refractivity contribution >= 4 is 17.5 Å². The summed E-state index contributed by atoms with van der Waals surface area (Å²) in [5.41, 5.74) is 0.417. The Hall–Kier alpha value is -2.37. The number of para-hydroxylation sites is 2. The molecule has 1 aromatic rings. The van der Waals surface area contributed by atoms with E-state index in [4.69, 9.17) is 4.74 Å². The molecule has 0 aromatic heterocycles. The molecule has 0 saturated carbocycles. The first-order valence-electron chi connectivity index (χ1n) is 4.95. The Balaban J connectivity index is 2.51. The predicted octanol–water partition coefficient (Wildman–Crippen LogP) is 2.45. The van der Waals surface area contributed by atoms with Crippen LogP contribution in [0.2, 0.25) is 0 Å². The molecule has 0 radical (unpaired) electrons. The lowest BCUT2D eigenvalue weighted by Crippen LogP contribution is -2.22. The molecule has 0 N–H and O–H groups in total. The van der Waals surface area contributed by atoms with Crippen molar-refractivity contribution in [1.29, 1.82) is 0 Å². The Morgan fingerprint density at radius 2 is 2.12 bits per heavy atom. The summed E-state index contributed by atoms with van der Waals surface area (Å²) in [6, 6.07) is 5.97. The minimum absolute atomic E-state index is 0.153. The predicted molar refractivity (Wildman–Crippen MR) is 60.7 cm³/mol. The highest BCUT2D eigenvalue weighted by atomic mass is 16.6. The average molecular weight is 234 g/mol. The van der Waals surface area contributed by atoms with E-state index in [1.165, 1.54) is 18.2 Å². The third kappa shape index (κ3) is 1.73. The maximum atomic E-state index is 11.6. The Morgan fingerprint density at radius 3 is 2.65 bits per heavy atom. The van der Waals surface area contributed by atoms with E-state index < -0.39 is 17.1 Å². The first-order valence-corrected chi connectivity index (χ1v) is 4.95. The number of nitro benzene ring substituents is 1. The standard InChI is InChI=1S/C11H10N2O4/c1-7-8(2)17-11(14)12(7)9-5-3-4-6-10(9)13(15)16/h3-6,8H,1H2,2H3. The van der Waals surface area contributed by atoms with Gasteiger partial charge in [-0.1, -0.05) is 18.7 Å². The summed E-state index contributed by atoms with van der Waals surface area (Å²) in [6.07, 6.45) is -1.11. The van der Waals surface area contributed by atoms with Crippen molar-refractivity contribution < 1.29 is 14.5 Å². The summed E-state index contributed by atoms with van der Waals surface area (Å²) >= 11 is 0. The lowest BCUT2D eigenvalue weighted by molar-refractivity contribution is -0.384. The minimum Gasteiger partial charge on any atom is -0.439 e. The van der Waals surface area contributed by atoms with Crippen molar-refractivity contribution in [3.05, 3.63) is 46.7 Å². The van der Waals surface area contributed by atoms with Crippen LogP contribution in [0.4, 0.5) is 16.2 Å². The summed E-state index contributed by atoms with van der Waals surface area (Å²) in [6.45, 7) is 5.36. The third-order valence-electron chi connectivity index (χ3n) is 2.54. The molecular weight excluding hydrogens is 224 g/mol. The quantitative estimate of drug-likeness (QED) is 0.582. The summed E-state index contributed by atoms with van der Waals surface area (Å²) in [5, 5.41) is 10.9. The van der Waals surface area contributed by atoms with E-state index in [9.17, 15) is 14.9 Å². The zero-order valence-electron chi connectivity index (χ0n) is 9.12. The first kappa shape index (κ1) is 11.1. The smallest absolute Gasteiger partial charge is 0.419 e. The highest BCUT2D eigenvalue weighted by Crippen LogP contribution is 2.34. The van der Waals surface area contributed by atoms with E-state index in [1.54, 1.807) is 13.0 Å². The highest BCUT2D eigenvalue weighted by Gasteiger charge is 2.36. The fraction of sp³-hybridized carbons (Fsp3) is 0.182. The minimum atomic E-state index is -0.642. The largest absolute Gasteiger partial charge is 0.439 e. The van der Waals surface area contributed by atoms with Gasteiger partial charge in [0.1, 0.15) is 11.8 Å². The monoisotopic (exact) mass is 234 g/mol. The molecule has 1 aliphatic rings. The van der Waals surface area contributed by atoms with Crippen LogP contribution < -0.4 is 4.90 Å². The van der Waals surface area contributed by atoms with E-state index in [-0.39, 0.29) is 11.4 Å². The Morgan fingerprint density at radius 1 is 1.47 bits per heavy atom. The Bertz CT molecular complexity index is 512. The van der Waals surface area contributed by atoms with Gasteiger partial charge in [-0.2, -0.15) is 0 Å². The molecule has 1 fully saturated rings. The van der Waals surface area contributed by atoms with Gasteiger partial charge in [0.25, 0.3) is 5.69 Å². The summed E-state index contributed by atoms with van der Waals surface area (Å²) in [7, 11) is 0. The number of rotatable bonds is 2. The van der Waals surface area contributed by atoms with Crippen LogP contribution in [0.1, 0.15) is 6.92 Å². The van der Waals surface area contributed by atoms with Crippen molar-refractivity contribution in [2.45, 2.75) is 13.0 Å². The normalized spacial score (nSPS) is 19.4. The number of hydrogen-bond donors (Lipinski definition) is 0. The van der Waals surface area contributed by atoms with Gasteiger partial charge >= 0.3 is 6.09 Å². The number of hydrogen-bond acceptors (Lipinski definition) is 4. The SMILES string of the molecule is C=C1C(C)OC(=O)N1c1ccccc1[N+](=O)[O-]. The molecule has 1 aromatic carbocycles. The second kappa shape index (κ2) is 3.89. The molecule has 1 amide bonds. The number of ether oxygens (including phenoxy) is 1. The van der Waals surface area contributed by atoms with Gasteiger partial charge in [-0.25, -0.2) is 9.69 Å². The number of nitrogens with zero attached hydrogens (tertiary/aromatic N) is 2. The number of nitro groups is 1. The molecule has 0 bridgehead atoms. The fourth-order valence-electron chi connectivity index (χ4n) is 1.63. The van der Waals surface area contributed by atoms with E-state index in [2.05, 4.69) is 6.58 Å². The lowest BCUT2D eigenvalue weighted by Gasteiger charge is -2.14. The number of carbonyl (C=O) groups is 1. The van der Waals surface area contributed by atoms with Gasteiger partial charge in [0.15, 0.2) is 0 Å². The number of amides is 1. The average Bonchev–Trinajstić information content (AvgIpc) is 2.53. The van der Waals surface area contributed by atoms with Crippen molar-refractivity contribution in [3.8, 4) is 0 Å². The van der Waals surface area contributed by atoms with Gasteiger partial charge in [-0.15, -0.1) is 0 Å². The Kier molecular flexibility index (Phi) is 2.55. The maximum absolute atomic E-state index is 11.6. The second-order valence-electron chi connectivity index (χ2n) is 3.60. The number of cyclic esters (lactones) is 1. The molecule has 1 saturated heterocycles. The van der Waals surface area contributed by atoms with Crippen LogP contribution in [0.3, 0.4) is 0 Å². The number of benzene rings is 1. The van der Waals surface area contributed by atoms with Crippen molar-refractivity contribution in [1.82, 2.24) is 0 Å². The van der Waals surface area contributed by atoms with Gasteiger partial charge in [0.2, 0.25) is 0 Å². The van der Waals surface area contributed by atoms with Crippen LogP contribution in [0.5, 0.6) is 0 Å². The van der Waals surface area contributed by atoms with E-state index in [0.29, 0.717) is 5.70 Å². The van der Waals surface area contributed by atoms with Crippen LogP contribution in [-0.4, -0.2) is 17.1 Å². The van der Waals surface area contributed by atoms with Gasteiger partial charge in [0, 0.05) is 6.07 Å². The third-order valence-corrected chi connectivity index (χ3v) is 2.54. The van der Waals surface area contributed by atoms with Crippen molar-refractivity contribution in [3.63, 3.8) is 0 Å². The zero-order chi connectivity index (χ0) is 12.6. The number of carbonyl (C=O) groups excluding carboxylic acids is 1. The first-order chi connectivity index (χ1) is 8.02. The van der Waals surface area contributed by atoms with Crippen LogP contribution in [0, 0.1) is 10.1 Å². The fourth-order valence-corrected chi connectivity index (χ4v) is 1.63. The number of anilines is 1. The lowest BCUT2D eigenvalue weighted by atomic mass is 10.2. The zero-order valence-corrected chi connectivity index (χ0v) is 9.12. The van der Waals surface area contributed by atoms with Gasteiger partial charge in [0.05, 0.1) is 10.6 Å². The van der Waals surface area contributed by atoms with Crippen molar-refractivity contribution in [2.24, 2.45) is 0 Å². The van der Waals surface area contributed by atoms with Crippen LogP contribution >= 0.6 is 0 Å². The van der Waals surface area contributed by atoms with E-state index in [0.717, 1.165) is 4.90 Å². The molecular formula is C11H10N2O4. The summed E-state index contributed by atoms with van der Waals surface area (Å²) < 4.78 is 4.94. The molecule has 6 nitrogen and oxygen atoms in total. The summed E-state index contributed by atoms with van der Waals surface area (Å²) in [4.78, 5) is 23.0. The molecule has 6 heteroatoms. The Labute approximate surface area is 97.2 Å². The van der Waals surface area contributed by atoms with Crippen molar-refractivity contribution in [2.75, 3.05) is 4.90 Å².